The molecule has 114 valence electrons. The highest BCUT2D eigenvalue weighted by Gasteiger charge is 2.35. The Morgan fingerprint density at radius 3 is 2.55 bits per heavy atom. The number of aromatic nitrogens is 6. The van der Waals surface area contributed by atoms with Gasteiger partial charge in [-0.15, -0.1) is 0 Å². The lowest BCUT2D eigenvalue weighted by Gasteiger charge is -2.11. The van der Waals surface area contributed by atoms with Crippen molar-refractivity contribution >= 4 is 17.0 Å². The molecule has 0 fully saturated rings. The van der Waals surface area contributed by atoms with Gasteiger partial charge in [0, 0.05) is 20.3 Å². The molecule has 0 aliphatic heterocycles. The van der Waals surface area contributed by atoms with Crippen LogP contribution in [0.25, 0.3) is 17.1 Å². The van der Waals surface area contributed by atoms with E-state index in [-0.39, 0.29) is 17.1 Å². The van der Waals surface area contributed by atoms with Gasteiger partial charge in [-0.05, 0) is 6.07 Å². The largest absolute Gasteiger partial charge is 0.451 e. The normalized spacial score (nSPS) is 11.9. The van der Waals surface area contributed by atoms with Gasteiger partial charge in [-0.25, -0.2) is 19.9 Å². The molecule has 0 aliphatic carbocycles. The third kappa shape index (κ3) is 2.43. The molecular formula is C12H10F3N7. The van der Waals surface area contributed by atoms with Gasteiger partial charge in [0.05, 0.1) is 6.20 Å². The maximum absolute atomic E-state index is 12.7. The number of alkyl halides is 3. The topological polar surface area (TPSA) is 72.6 Å². The van der Waals surface area contributed by atoms with E-state index in [1.807, 2.05) is 0 Å². The zero-order valence-electron chi connectivity index (χ0n) is 11.6. The van der Waals surface area contributed by atoms with Crippen LogP contribution in [0.4, 0.5) is 19.0 Å². The van der Waals surface area contributed by atoms with Crippen LogP contribution >= 0.6 is 0 Å². The lowest BCUT2D eigenvalue weighted by Crippen LogP contribution is -2.14. The molecule has 0 bridgehead atoms. The number of halogens is 3. The molecule has 7 nitrogen and oxygen atoms in total. The van der Waals surface area contributed by atoms with E-state index in [1.54, 1.807) is 25.1 Å². The van der Waals surface area contributed by atoms with Crippen molar-refractivity contribution in [2.75, 3.05) is 19.0 Å². The first-order valence-electron chi connectivity index (χ1n) is 6.14. The molecule has 0 N–H and O–H groups in total. The summed E-state index contributed by atoms with van der Waals surface area (Å²) in [5, 5.41) is 0. The quantitative estimate of drug-likeness (QED) is 0.717. The number of nitrogens with zero attached hydrogens (tertiary/aromatic N) is 7. The minimum Gasteiger partial charge on any atom is -0.363 e. The molecule has 0 aromatic carbocycles. The molecule has 3 heterocycles. The van der Waals surface area contributed by atoms with Crippen molar-refractivity contribution in [3.8, 4) is 5.95 Å². The molecule has 22 heavy (non-hydrogen) atoms. The van der Waals surface area contributed by atoms with Crippen LogP contribution in [0.15, 0.2) is 24.8 Å². The second-order valence-electron chi connectivity index (χ2n) is 4.62. The van der Waals surface area contributed by atoms with Crippen molar-refractivity contribution in [2.24, 2.45) is 0 Å². The van der Waals surface area contributed by atoms with Gasteiger partial charge < -0.3 is 4.90 Å². The SMILES string of the molecule is CN(C)c1ccnc(-n2cnc3cnc(C(F)(F)F)nc32)n1. The predicted octanol–water partition coefficient (Wildman–Crippen LogP) is 1.69. The molecule has 0 unspecified atom stereocenters. The van der Waals surface area contributed by atoms with Crippen LogP contribution in [-0.4, -0.2) is 43.6 Å². The smallest absolute Gasteiger partial charge is 0.363 e. The summed E-state index contributed by atoms with van der Waals surface area (Å²) in [7, 11) is 3.59. The number of hydrogen-bond donors (Lipinski definition) is 0. The Morgan fingerprint density at radius 2 is 1.86 bits per heavy atom. The van der Waals surface area contributed by atoms with Crippen molar-refractivity contribution in [3.05, 3.63) is 30.6 Å². The maximum atomic E-state index is 12.7. The second-order valence-corrected chi connectivity index (χ2v) is 4.62. The Labute approximate surface area is 122 Å². The van der Waals surface area contributed by atoms with Gasteiger partial charge in [-0.3, -0.25) is 4.57 Å². The first-order chi connectivity index (χ1) is 10.4. The summed E-state index contributed by atoms with van der Waals surface area (Å²) in [6, 6.07) is 1.68. The van der Waals surface area contributed by atoms with Crippen molar-refractivity contribution in [2.45, 2.75) is 6.18 Å². The number of hydrogen-bond acceptors (Lipinski definition) is 6. The minimum absolute atomic E-state index is 0.00164. The van der Waals surface area contributed by atoms with E-state index >= 15 is 0 Å². The van der Waals surface area contributed by atoms with E-state index in [0.29, 0.717) is 5.82 Å². The fourth-order valence-corrected chi connectivity index (χ4v) is 1.80. The standard InChI is InChI=1S/C12H10F3N7/c1-21(2)8-3-4-16-11(19-8)22-6-18-7-5-17-10(12(13,14)15)20-9(7)22/h3-6H,1-2H3. The van der Waals surface area contributed by atoms with Gasteiger partial charge in [0.1, 0.15) is 17.7 Å². The van der Waals surface area contributed by atoms with Crippen LogP contribution in [0.1, 0.15) is 5.82 Å². The predicted molar refractivity (Wildman–Crippen MR) is 71.6 cm³/mol. The molecular weight excluding hydrogens is 299 g/mol. The van der Waals surface area contributed by atoms with E-state index < -0.39 is 12.0 Å². The molecule has 0 saturated carbocycles. The van der Waals surface area contributed by atoms with E-state index in [2.05, 4.69) is 24.9 Å². The molecule has 3 aromatic rings. The van der Waals surface area contributed by atoms with Crippen molar-refractivity contribution in [3.63, 3.8) is 0 Å². The molecule has 3 rings (SSSR count). The van der Waals surface area contributed by atoms with Crippen LogP contribution < -0.4 is 4.90 Å². The van der Waals surface area contributed by atoms with Gasteiger partial charge in [-0.2, -0.15) is 18.2 Å². The molecule has 10 heteroatoms. The molecule has 0 spiro atoms. The van der Waals surface area contributed by atoms with Crippen molar-refractivity contribution in [1.29, 1.82) is 0 Å². The van der Waals surface area contributed by atoms with E-state index in [0.717, 1.165) is 6.20 Å². The van der Waals surface area contributed by atoms with Crippen LogP contribution in [0.3, 0.4) is 0 Å². The number of rotatable bonds is 2. The summed E-state index contributed by atoms with van der Waals surface area (Å²) in [4.78, 5) is 20.8. The maximum Gasteiger partial charge on any atom is 0.451 e. The fraction of sp³-hybridized carbons (Fsp3) is 0.250. The van der Waals surface area contributed by atoms with E-state index in [4.69, 9.17) is 0 Å². The molecule has 0 atom stereocenters. The summed E-state index contributed by atoms with van der Waals surface area (Å²) < 4.78 is 39.5. The molecule has 0 radical (unpaired) electrons. The Hall–Kier alpha value is -2.78. The fourth-order valence-electron chi connectivity index (χ4n) is 1.80. The van der Waals surface area contributed by atoms with Gasteiger partial charge in [0.15, 0.2) is 5.65 Å². The third-order valence-electron chi connectivity index (χ3n) is 2.85. The van der Waals surface area contributed by atoms with Crippen LogP contribution in [0.5, 0.6) is 0 Å². The number of anilines is 1. The zero-order valence-corrected chi connectivity index (χ0v) is 11.6. The Bertz CT molecular complexity index is 825. The number of fused-ring (bicyclic) bond motifs is 1. The first-order valence-corrected chi connectivity index (χ1v) is 6.14. The summed E-state index contributed by atoms with van der Waals surface area (Å²) in [5.41, 5.74) is 0.227. The van der Waals surface area contributed by atoms with E-state index in [9.17, 15) is 13.2 Å². The summed E-state index contributed by atoms with van der Waals surface area (Å²) >= 11 is 0. The third-order valence-corrected chi connectivity index (χ3v) is 2.85. The summed E-state index contributed by atoms with van der Waals surface area (Å²) in [5.74, 6) is -0.442. The van der Waals surface area contributed by atoms with Crippen molar-refractivity contribution < 1.29 is 13.2 Å². The Morgan fingerprint density at radius 1 is 1.09 bits per heavy atom. The molecule has 0 saturated heterocycles. The average molecular weight is 309 g/mol. The van der Waals surface area contributed by atoms with Crippen LogP contribution in [-0.2, 0) is 6.18 Å². The van der Waals surface area contributed by atoms with Gasteiger partial charge in [-0.1, -0.05) is 0 Å². The monoisotopic (exact) mass is 309 g/mol. The van der Waals surface area contributed by atoms with Gasteiger partial charge in [0.2, 0.25) is 11.8 Å². The minimum atomic E-state index is -4.63. The van der Waals surface area contributed by atoms with Gasteiger partial charge >= 0.3 is 6.18 Å². The highest BCUT2D eigenvalue weighted by atomic mass is 19.4. The highest BCUT2D eigenvalue weighted by molar-refractivity contribution is 5.71. The highest BCUT2D eigenvalue weighted by Crippen LogP contribution is 2.27. The summed E-state index contributed by atoms with van der Waals surface area (Å²) in [6.07, 6.45) is -0.781. The van der Waals surface area contributed by atoms with Crippen molar-refractivity contribution in [1.82, 2.24) is 29.5 Å². The van der Waals surface area contributed by atoms with E-state index in [1.165, 1.54) is 17.1 Å². The van der Waals surface area contributed by atoms with Crippen LogP contribution in [0, 0.1) is 0 Å². The Balaban J connectivity index is 2.17. The number of imidazole rings is 1. The molecule has 0 aliphatic rings. The lowest BCUT2D eigenvalue weighted by atomic mass is 10.5. The average Bonchev–Trinajstić information content (AvgIpc) is 2.89. The second kappa shape index (κ2) is 4.90. The molecule has 3 aromatic heterocycles. The Kier molecular flexibility index (Phi) is 3.15. The first kappa shape index (κ1) is 14.2. The zero-order chi connectivity index (χ0) is 15.9. The lowest BCUT2D eigenvalue weighted by molar-refractivity contribution is -0.144. The summed E-state index contributed by atoms with van der Waals surface area (Å²) in [6.45, 7) is 0. The molecule has 0 amide bonds. The van der Waals surface area contributed by atoms with Gasteiger partial charge in [0.25, 0.3) is 0 Å². The van der Waals surface area contributed by atoms with Crippen LogP contribution in [0.2, 0.25) is 0 Å².